The number of allylic oxidation sites excluding steroid dienone is 6. The van der Waals surface area contributed by atoms with Gasteiger partial charge in [-0.15, -0.1) is 5.73 Å². The normalized spacial score (nSPS) is 15.5. The second-order valence-corrected chi connectivity index (χ2v) is 2.41. The minimum absolute atomic E-state index is 0.280. The largest absolute Gasteiger partial charge is 0.206 e. The average molecular weight is 148 g/mol. The lowest BCUT2D eigenvalue weighted by atomic mass is 10.1. The highest BCUT2D eigenvalue weighted by Gasteiger charge is 1.94. The fourth-order valence-corrected chi connectivity index (χ4v) is 0.742. The molecule has 11 heavy (non-hydrogen) atoms. The quantitative estimate of drug-likeness (QED) is 0.501. The van der Waals surface area contributed by atoms with E-state index in [2.05, 4.69) is 12.3 Å². The molecule has 0 fully saturated rings. The van der Waals surface area contributed by atoms with Crippen molar-refractivity contribution in [3.8, 4) is 0 Å². The molecule has 0 heterocycles. The standard InChI is InChI=1S/C10H9F/c1-8(2)9-4-3-5-10(11)7-6-9/h4-7H,1H2,2H3. The Balaban J connectivity index is 3.03. The molecule has 0 aliphatic heterocycles. The molecule has 1 aliphatic carbocycles. The number of hydrogen-bond donors (Lipinski definition) is 0. The van der Waals surface area contributed by atoms with E-state index in [1.807, 2.05) is 6.92 Å². The van der Waals surface area contributed by atoms with E-state index in [9.17, 15) is 4.39 Å². The molecular formula is C10H9F. The molecule has 0 saturated carbocycles. The first kappa shape index (κ1) is 7.77. The first-order chi connectivity index (χ1) is 5.20. The highest BCUT2D eigenvalue weighted by Crippen LogP contribution is 2.12. The maximum Gasteiger partial charge on any atom is 0.130 e. The molecule has 0 nitrogen and oxygen atoms in total. The Kier molecular flexibility index (Phi) is 2.25. The van der Waals surface area contributed by atoms with Crippen molar-refractivity contribution in [2.75, 3.05) is 0 Å². The molecular weight excluding hydrogens is 139 g/mol. The highest BCUT2D eigenvalue weighted by atomic mass is 19.1. The summed E-state index contributed by atoms with van der Waals surface area (Å²) in [5.74, 6) is -0.280. The monoisotopic (exact) mass is 148 g/mol. The van der Waals surface area contributed by atoms with E-state index in [0.717, 1.165) is 11.1 Å². The molecule has 0 saturated heterocycles. The van der Waals surface area contributed by atoms with E-state index in [4.69, 9.17) is 0 Å². The Morgan fingerprint density at radius 2 is 2.18 bits per heavy atom. The summed E-state index contributed by atoms with van der Waals surface area (Å²) in [5, 5.41) is 0. The van der Waals surface area contributed by atoms with Crippen LogP contribution in [-0.4, -0.2) is 0 Å². The van der Waals surface area contributed by atoms with Gasteiger partial charge >= 0.3 is 0 Å². The molecule has 1 rings (SSSR count). The minimum atomic E-state index is -0.280. The van der Waals surface area contributed by atoms with Crippen LogP contribution in [-0.2, 0) is 0 Å². The van der Waals surface area contributed by atoms with Crippen LogP contribution in [0.3, 0.4) is 0 Å². The van der Waals surface area contributed by atoms with Crippen molar-refractivity contribution in [2.45, 2.75) is 6.92 Å². The zero-order valence-corrected chi connectivity index (χ0v) is 6.39. The van der Waals surface area contributed by atoms with Gasteiger partial charge in [0.05, 0.1) is 0 Å². The first-order valence-corrected chi connectivity index (χ1v) is 3.36. The van der Waals surface area contributed by atoms with Crippen molar-refractivity contribution >= 4 is 0 Å². The Bertz CT molecular complexity index is 297. The lowest BCUT2D eigenvalue weighted by Gasteiger charge is -1.94. The molecule has 0 spiro atoms. The molecule has 0 atom stereocenters. The summed E-state index contributed by atoms with van der Waals surface area (Å²) in [6, 6.07) is 0. The molecule has 0 aromatic carbocycles. The van der Waals surface area contributed by atoms with E-state index < -0.39 is 0 Å². The van der Waals surface area contributed by atoms with Gasteiger partial charge in [0.2, 0.25) is 0 Å². The van der Waals surface area contributed by atoms with Gasteiger partial charge in [-0.05, 0) is 24.6 Å². The molecule has 0 amide bonds. The van der Waals surface area contributed by atoms with Crippen LogP contribution >= 0.6 is 0 Å². The van der Waals surface area contributed by atoms with Crippen LogP contribution in [0.5, 0.6) is 0 Å². The fraction of sp³-hybridized carbons (Fsp3) is 0.100. The van der Waals surface area contributed by atoms with E-state index in [1.165, 1.54) is 12.2 Å². The number of rotatable bonds is 1. The topological polar surface area (TPSA) is 0 Å². The lowest BCUT2D eigenvalue weighted by Crippen LogP contribution is -1.75. The van der Waals surface area contributed by atoms with Gasteiger partial charge in [-0.3, -0.25) is 0 Å². The maximum absolute atomic E-state index is 12.5. The summed E-state index contributed by atoms with van der Waals surface area (Å²) >= 11 is 0. The maximum atomic E-state index is 12.5. The van der Waals surface area contributed by atoms with Gasteiger partial charge in [0, 0.05) is 6.08 Å². The van der Waals surface area contributed by atoms with Crippen LogP contribution in [0.4, 0.5) is 4.39 Å². The third-order valence-corrected chi connectivity index (χ3v) is 1.37. The van der Waals surface area contributed by atoms with Gasteiger partial charge in [0.1, 0.15) is 5.83 Å². The fourth-order valence-electron chi connectivity index (χ4n) is 0.742. The van der Waals surface area contributed by atoms with Crippen molar-refractivity contribution in [3.05, 3.63) is 53.6 Å². The van der Waals surface area contributed by atoms with Crippen molar-refractivity contribution < 1.29 is 4.39 Å². The SMILES string of the molecule is C=C(C)C1=CC=C(F)C=C=C1. The zero-order valence-electron chi connectivity index (χ0n) is 6.39. The third-order valence-electron chi connectivity index (χ3n) is 1.37. The highest BCUT2D eigenvalue weighted by molar-refractivity contribution is 5.42. The summed E-state index contributed by atoms with van der Waals surface area (Å²) in [4.78, 5) is 0. The van der Waals surface area contributed by atoms with Crippen LogP contribution in [0.1, 0.15) is 6.92 Å². The average Bonchev–Trinajstić information content (AvgIpc) is 2.13. The predicted octanol–water partition coefficient (Wildman–Crippen LogP) is 3.07. The van der Waals surface area contributed by atoms with Crippen LogP contribution in [0.15, 0.2) is 53.6 Å². The summed E-state index contributed by atoms with van der Waals surface area (Å²) in [5.41, 5.74) is 4.53. The van der Waals surface area contributed by atoms with E-state index in [-0.39, 0.29) is 5.83 Å². The van der Waals surface area contributed by atoms with Gasteiger partial charge < -0.3 is 0 Å². The van der Waals surface area contributed by atoms with Crippen LogP contribution < -0.4 is 0 Å². The molecule has 0 N–H and O–H groups in total. The molecule has 0 unspecified atom stereocenters. The minimum Gasteiger partial charge on any atom is -0.206 e. The summed E-state index contributed by atoms with van der Waals surface area (Å²) < 4.78 is 12.5. The van der Waals surface area contributed by atoms with Crippen molar-refractivity contribution in [1.29, 1.82) is 0 Å². The molecule has 0 aromatic heterocycles. The molecule has 56 valence electrons. The van der Waals surface area contributed by atoms with Crippen molar-refractivity contribution in [2.24, 2.45) is 0 Å². The number of hydrogen-bond acceptors (Lipinski definition) is 0. The smallest absolute Gasteiger partial charge is 0.130 e. The van der Waals surface area contributed by atoms with Gasteiger partial charge in [0.25, 0.3) is 0 Å². The van der Waals surface area contributed by atoms with Crippen molar-refractivity contribution in [1.82, 2.24) is 0 Å². The molecule has 0 aromatic rings. The Labute approximate surface area is 65.7 Å². The Hall–Kier alpha value is -1.33. The van der Waals surface area contributed by atoms with Crippen LogP contribution in [0.2, 0.25) is 0 Å². The number of halogens is 1. The Morgan fingerprint density at radius 1 is 1.45 bits per heavy atom. The van der Waals surface area contributed by atoms with E-state index in [0.29, 0.717) is 0 Å². The first-order valence-electron chi connectivity index (χ1n) is 3.36. The summed E-state index contributed by atoms with van der Waals surface area (Å²) in [6.45, 7) is 5.62. The van der Waals surface area contributed by atoms with Crippen LogP contribution in [0.25, 0.3) is 0 Å². The Morgan fingerprint density at radius 3 is 2.82 bits per heavy atom. The summed E-state index contributed by atoms with van der Waals surface area (Å²) in [7, 11) is 0. The van der Waals surface area contributed by atoms with Gasteiger partial charge in [-0.1, -0.05) is 18.2 Å². The zero-order chi connectivity index (χ0) is 8.27. The molecule has 1 aliphatic rings. The van der Waals surface area contributed by atoms with Gasteiger partial charge in [-0.25, -0.2) is 4.39 Å². The van der Waals surface area contributed by atoms with E-state index >= 15 is 0 Å². The second kappa shape index (κ2) is 3.18. The predicted molar refractivity (Wildman–Crippen MR) is 44.7 cm³/mol. The third kappa shape index (κ3) is 2.06. The van der Waals surface area contributed by atoms with Gasteiger partial charge in [0.15, 0.2) is 0 Å². The van der Waals surface area contributed by atoms with Gasteiger partial charge in [-0.2, -0.15) is 0 Å². The second-order valence-electron chi connectivity index (χ2n) is 2.41. The molecule has 0 bridgehead atoms. The summed E-state index contributed by atoms with van der Waals surface area (Å²) in [6.07, 6.45) is 6.10. The molecule has 1 heteroatoms. The van der Waals surface area contributed by atoms with E-state index in [1.54, 1.807) is 12.2 Å². The van der Waals surface area contributed by atoms with Crippen molar-refractivity contribution in [3.63, 3.8) is 0 Å². The lowest BCUT2D eigenvalue weighted by molar-refractivity contribution is 0.668. The van der Waals surface area contributed by atoms with Crippen LogP contribution in [0, 0.1) is 0 Å². The molecule has 0 radical (unpaired) electrons.